The van der Waals surface area contributed by atoms with Gasteiger partial charge in [-0.2, -0.15) is 0 Å². The quantitative estimate of drug-likeness (QED) is 0.278. The molecule has 3 N–H and O–H groups in total. The minimum atomic E-state index is -0.468. The van der Waals surface area contributed by atoms with Crippen molar-refractivity contribution in [3.8, 4) is 0 Å². The van der Waals surface area contributed by atoms with Crippen molar-refractivity contribution in [2.75, 3.05) is 24.7 Å². The number of amides is 2. The molecule has 0 atom stereocenters. The number of fused-ring (bicyclic) bond motifs is 1. The molecule has 1 aliphatic heterocycles. The van der Waals surface area contributed by atoms with Crippen molar-refractivity contribution in [2.24, 2.45) is 0 Å². The highest BCUT2D eigenvalue weighted by molar-refractivity contribution is 6.31. The number of rotatable bonds is 7. The largest absolute Gasteiger partial charge is 0.361 e. The van der Waals surface area contributed by atoms with E-state index in [2.05, 4.69) is 20.9 Å². The summed E-state index contributed by atoms with van der Waals surface area (Å²) in [6.07, 6.45) is 1.61. The van der Waals surface area contributed by atoms with Gasteiger partial charge in [0.1, 0.15) is 0 Å². The molecule has 0 saturated carbocycles. The molecule has 7 heteroatoms. The molecule has 0 aromatic heterocycles. The van der Waals surface area contributed by atoms with E-state index in [1.54, 1.807) is 42.6 Å². The van der Waals surface area contributed by atoms with E-state index < -0.39 is 11.8 Å². The summed E-state index contributed by atoms with van der Waals surface area (Å²) in [5.41, 5.74) is 5.33. The fraction of sp³-hybridized carbons (Fsp3) is 0.148. The molecular weight excluding hydrogens is 428 g/mol. The Morgan fingerprint density at radius 2 is 1.59 bits per heavy atom. The van der Waals surface area contributed by atoms with Gasteiger partial charge in [0.05, 0.1) is 5.57 Å². The van der Waals surface area contributed by atoms with Crippen LogP contribution in [0, 0.1) is 0 Å². The summed E-state index contributed by atoms with van der Waals surface area (Å²) in [6, 6.07) is 20.3. The van der Waals surface area contributed by atoms with Gasteiger partial charge in [0.25, 0.3) is 11.8 Å². The first-order valence-electron chi connectivity index (χ1n) is 10.9. The molecule has 0 unspecified atom stereocenters. The first-order valence-corrected chi connectivity index (χ1v) is 10.9. The second-order valence-corrected chi connectivity index (χ2v) is 8.44. The normalized spacial score (nSPS) is 14.1. The Bertz CT molecular complexity index is 1290. The van der Waals surface area contributed by atoms with E-state index >= 15 is 0 Å². The monoisotopic (exact) mass is 454 g/mol. The van der Waals surface area contributed by atoms with Gasteiger partial charge in [-0.25, -0.2) is 0 Å². The number of nitrogens with one attached hydrogen (secondary N) is 3. The van der Waals surface area contributed by atoms with Crippen LogP contribution in [0.25, 0.3) is 5.57 Å². The third-order valence-electron chi connectivity index (χ3n) is 5.42. The average Bonchev–Trinajstić information content (AvgIpc) is 2.79. The molecule has 7 nitrogen and oxygen atoms in total. The van der Waals surface area contributed by atoms with E-state index in [0.717, 1.165) is 17.9 Å². The van der Waals surface area contributed by atoms with Gasteiger partial charge in [0.15, 0.2) is 5.78 Å². The van der Waals surface area contributed by atoms with Crippen molar-refractivity contribution in [1.82, 2.24) is 10.2 Å². The topological polar surface area (TPSA) is 90.5 Å². The fourth-order valence-corrected chi connectivity index (χ4v) is 3.76. The minimum absolute atomic E-state index is 0.0256. The molecule has 3 aromatic rings. The van der Waals surface area contributed by atoms with Gasteiger partial charge in [0.2, 0.25) is 0 Å². The highest BCUT2D eigenvalue weighted by Gasteiger charge is 2.27. The van der Waals surface area contributed by atoms with Gasteiger partial charge in [0, 0.05) is 46.5 Å². The number of benzene rings is 3. The predicted molar refractivity (Wildman–Crippen MR) is 134 cm³/mol. The predicted octanol–water partition coefficient (Wildman–Crippen LogP) is 4.42. The maximum absolute atomic E-state index is 12.6. The molecule has 0 fully saturated rings. The zero-order valence-corrected chi connectivity index (χ0v) is 19.3. The number of hydrogen-bond acceptors (Lipinski definition) is 6. The van der Waals surface area contributed by atoms with Crippen molar-refractivity contribution in [2.45, 2.75) is 13.5 Å². The highest BCUT2D eigenvalue weighted by Crippen LogP contribution is 2.29. The van der Waals surface area contributed by atoms with E-state index in [1.807, 2.05) is 44.4 Å². The molecular formula is C27H26N4O3. The van der Waals surface area contributed by atoms with Gasteiger partial charge < -0.3 is 15.5 Å². The zero-order chi connectivity index (χ0) is 24.2. The van der Waals surface area contributed by atoms with E-state index in [4.69, 9.17) is 0 Å². The molecule has 0 radical (unpaired) electrons. The number of Topliss-reactive ketones (excluding diaryl/α,β-unsaturated/α-hetero) is 1. The first kappa shape index (κ1) is 22.9. The first-order chi connectivity index (χ1) is 16.3. The summed E-state index contributed by atoms with van der Waals surface area (Å²) >= 11 is 0. The van der Waals surface area contributed by atoms with Crippen LogP contribution >= 0.6 is 0 Å². The summed E-state index contributed by atoms with van der Waals surface area (Å²) in [5.74, 6) is -0.928. The molecule has 172 valence electrons. The van der Waals surface area contributed by atoms with Gasteiger partial charge in [-0.1, -0.05) is 24.3 Å². The van der Waals surface area contributed by atoms with E-state index in [-0.39, 0.29) is 5.78 Å². The zero-order valence-electron chi connectivity index (χ0n) is 19.3. The number of hydrogen-bond donors (Lipinski definition) is 3. The molecule has 34 heavy (non-hydrogen) atoms. The van der Waals surface area contributed by atoms with Crippen LogP contribution in [-0.2, 0) is 11.3 Å². The number of carbonyl (C=O) groups excluding carboxylic acids is 3. The Labute approximate surface area is 198 Å². The number of ketones is 1. The van der Waals surface area contributed by atoms with Crippen LogP contribution in [0.1, 0.15) is 38.8 Å². The Balaban J connectivity index is 1.61. The van der Waals surface area contributed by atoms with Crippen molar-refractivity contribution in [3.63, 3.8) is 0 Å². The van der Waals surface area contributed by atoms with Crippen LogP contribution in [0.2, 0.25) is 0 Å². The van der Waals surface area contributed by atoms with Crippen LogP contribution in [0.4, 0.5) is 17.1 Å². The molecule has 0 aliphatic carbocycles. The molecule has 0 saturated heterocycles. The molecule has 0 bridgehead atoms. The van der Waals surface area contributed by atoms with E-state index in [9.17, 15) is 14.4 Å². The summed E-state index contributed by atoms with van der Waals surface area (Å²) in [5, 5.41) is 8.80. The minimum Gasteiger partial charge on any atom is -0.361 e. The number of carbonyl (C=O) groups is 3. The second kappa shape index (κ2) is 9.72. The summed E-state index contributed by atoms with van der Waals surface area (Å²) in [4.78, 5) is 38.8. The smallest absolute Gasteiger partial charge is 0.260 e. The Hall–Kier alpha value is -4.23. The van der Waals surface area contributed by atoms with Crippen LogP contribution in [0.15, 0.2) is 72.9 Å². The maximum atomic E-state index is 12.6. The van der Waals surface area contributed by atoms with Crippen molar-refractivity contribution >= 4 is 40.2 Å². The lowest BCUT2D eigenvalue weighted by Crippen LogP contribution is -2.36. The molecule has 4 rings (SSSR count). The number of imide groups is 1. The van der Waals surface area contributed by atoms with Crippen molar-refractivity contribution in [1.29, 1.82) is 0 Å². The summed E-state index contributed by atoms with van der Waals surface area (Å²) in [6.45, 7) is 2.35. The second-order valence-electron chi connectivity index (χ2n) is 8.44. The third kappa shape index (κ3) is 5.22. The lowest BCUT2D eigenvalue weighted by Gasteiger charge is -2.20. The van der Waals surface area contributed by atoms with E-state index in [0.29, 0.717) is 28.0 Å². The third-order valence-corrected chi connectivity index (χ3v) is 5.42. The van der Waals surface area contributed by atoms with Crippen LogP contribution in [0.5, 0.6) is 0 Å². The maximum Gasteiger partial charge on any atom is 0.260 e. The SMILES string of the molecule is CC(=O)c1cccc(Nc2ccc3c(c2)C(=CNc2ccc(CN(C)C)cc2)C(=O)NC3=O)c1. The molecule has 3 aromatic carbocycles. The van der Waals surface area contributed by atoms with Gasteiger partial charge in [-0.05, 0) is 69.0 Å². The highest BCUT2D eigenvalue weighted by atomic mass is 16.2. The van der Waals surface area contributed by atoms with Crippen LogP contribution < -0.4 is 16.0 Å². The Kier molecular flexibility index (Phi) is 6.56. The molecule has 2 amide bonds. The van der Waals surface area contributed by atoms with Crippen molar-refractivity contribution < 1.29 is 14.4 Å². The lowest BCUT2D eigenvalue weighted by atomic mass is 9.94. The standard InChI is InChI=1S/C27H26N4O3/c1-17(32)19-5-4-6-21(13-19)29-22-11-12-23-24(14-22)25(27(34)30-26(23)33)15-28-20-9-7-18(8-10-20)16-31(2)3/h4-15,28-29H,16H2,1-3H3,(H,30,33,34). The van der Waals surface area contributed by atoms with Gasteiger partial charge >= 0.3 is 0 Å². The number of anilines is 3. The van der Waals surface area contributed by atoms with Crippen LogP contribution in [-0.4, -0.2) is 36.6 Å². The summed E-state index contributed by atoms with van der Waals surface area (Å²) in [7, 11) is 4.03. The average molecular weight is 455 g/mol. The van der Waals surface area contributed by atoms with Crippen molar-refractivity contribution in [3.05, 3.63) is 95.2 Å². The van der Waals surface area contributed by atoms with Gasteiger partial charge in [-0.15, -0.1) is 0 Å². The molecule has 1 aliphatic rings. The van der Waals surface area contributed by atoms with Crippen LogP contribution in [0.3, 0.4) is 0 Å². The number of nitrogens with zero attached hydrogens (tertiary/aromatic N) is 1. The van der Waals surface area contributed by atoms with Gasteiger partial charge in [-0.3, -0.25) is 19.7 Å². The fourth-order valence-electron chi connectivity index (χ4n) is 3.76. The Morgan fingerprint density at radius 3 is 2.29 bits per heavy atom. The Morgan fingerprint density at radius 1 is 0.882 bits per heavy atom. The molecule has 1 heterocycles. The van der Waals surface area contributed by atoms with E-state index in [1.165, 1.54) is 12.5 Å². The molecule has 0 spiro atoms. The summed E-state index contributed by atoms with van der Waals surface area (Å²) < 4.78 is 0. The lowest BCUT2D eigenvalue weighted by molar-refractivity contribution is -0.114.